The van der Waals surface area contributed by atoms with Crippen LogP contribution in [0.1, 0.15) is 32.1 Å². The monoisotopic (exact) mass is 292 g/mol. The van der Waals surface area contributed by atoms with Crippen LogP contribution in [0.5, 0.6) is 0 Å². The maximum absolute atomic E-state index is 4.81. The maximum atomic E-state index is 4.81. The molecular formula is C18H20N4. The molecule has 1 aliphatic carbocycles. The fourth-order valence-corrected chi connectivity index (χ4v) is 3.37. The number of rotatable bonds is 3. The van der Waals surface area contributed by atoms with Gasteiger partial charge in [0.15, 0.2) is 11.3 Å². The van der Waals surface area contributed by atoms with E-state index >= 15 is 0 Å². The molecule has 0 amide bonds. The number of aromatic nitrogens is 4. The maximum Gasteiger partial charge on any atom is 0.197 e. The standard InChI is InChI=1S/C18H20N4/c1-3-7-14(8-4-1)12-22-13-20-17-18(22)21-16(11-19-17)15-9-5-2-6-10-15/h2,5-6,9-11,13-14H,1,3-4,7-8,12H2. The van der Waals surface area contributed by atoms with E-state index in [4.69, 9.17) is 4.98 Å². The molecule has 0 saturated heterocycles. The summed E-state index contributed by atoms with van der Waals surface area (Å²) < 4.78 is 2.19. The molecule has 1 fully saturated rings. The predicted octanol–water partition coefficient (Wildman–Crippen LogP) is 4.07. The minimum atomic E-state index is 0.746. The third kappa shape index (κ3) is 2.61. The third-order valence-corrected chi connectivity index (χ3v) is 4.58. The number of hydrogen-bond acceptors (Lipinski definition) is 3. The van der Waals surface area contributed by atoms with Gasteiger partial charge < -0.3 is 4.57 Å². The van der Waals surface area contributed by atoms with E-state index < -0.39 is 0 Å². The first-order valence-corrected chi connectivity index (χ1v) is 8.13. The Morgan fingerprint density at radius 1 is 1.00 bits per heavy atom. The Bertz CT molecular complexity index is 757. The minimum Gasteiger partial charge on any atom is -0.314 e. The summed E-state index contributed by atoms with van der Waals surface area (Å²) in [6.45, 7) is 1.02. The molecule has 0 N–H and O–H groups in total. The molecule has 0 aliphatic heterocycles. The topological polar surface area (TPSA) is 43.6 Å². The highest BCUT2D eigenvalue weighted by Crippen LogP contribution is 2.26. The summed E-state index contributed by atoms with van der Waals surface area (Å²) >= 11 is 0. The van der Waals surface area contributed by atoms with Gasteiger partial charge >= 0.3 is 0 Å². The predicted molar refractivity (Wildman–Crippen MR) is 87.3 cm³/mol. The summed E-state index contributed by atoms with van der Waals surface area (Å²) in [7, 11) is 0. The molecule has 2 aromatic heterocycles. The van der Waals surface area contributed by atoms with Crippen molar-refractivity contribution in [3.05, 3.63) is 42.9 Å². The highest BCUT2D eigenvalue weighted by molar-refractivity contribution is 5.70. The third-order valence-electron chi connectivity index (χ3n) is 4.58. The zero-order valence-corrected chi connectivity index (χ0v) is 12.7. The molecule has 1 aliphatic rings. The van der Waals surface area contributed by atoms with E-state index in [2.05, 4.69) is 26.7 Å². The lowest BCUT2D eigenvalue weighted by atomic mass is 9.89. The average Bonchev–Trinajstić information content (AvgIpc) is 2.99. The van der Waals surface area contributed by atoms with Crippen molar-refractivity contribution in [2.45, 2.75) is 38.6 Å². The van der Waals surface area contributed by atoms with Crippen LogP contribution in [0.15, 0.2) is 42.9 Å². The van der Waals surface area contributed by atoms with E-state index in [1.165, 1.54) is 32.1 Å². The fraction of sp³-hybridized carbons (Fsp3) is 0.389. The fourth-order valence-electron chi connectivity index (χ4n) is 3.37. The number of benzene rings is 1. The van der Waals surface area contributed by atoms with Gasteiger partial charge in [-0.15, -0.1) is 0 Å². The molecule has 1 saturated carbocycles. The van der Waals surface area contributed by atoms with Gasteiger partial charge in [0.1, 0.15) is 0 Å². The smallest absolute Gasteiger partial charge is 0.197 e. The molecular weight excluding hydrogens is 272 g/mol. The van der Waals surface area contributed by atoms with Crippen LogP contribution in [0.2, 0.25) is 0 Å². The van der Waals surface area contributed by atoms with Gasteiger partial charge in [-0.1, -0.05) is 49.6 Å². The van der Waals surface area contributed by atoms with Crippen LogP contribution >= 0.6 is 0 Å². The molecule has 0 atom stereocenters. The van der Waals surface area contributed by atoms with Gasteiger partial charge in [-0.3, -0.25) is 0 Å². The first-order chi connectivity index (χ1) is 10.9. The second kappa shape index (κ2) is 5.87. The van der Waals surface area contributed by atoms with Gasteiger partial charge in [0, 0.05) is 12.1 Å². The Morgan fingerprint density at radius 3 is 2.64 bits per heavy atom. The summed E-state index contributed by atoms with van der Waals surface area (Å²) in [5.74, 6) is 0.758. The molecule has 4 heteroatoms. The minimum absolute atomic E-state index is 0.746. The molecule has 1 aromatic carbocycles. The van der Waals surface area contributed by atoms with Crippen LogP contribution in [0.25, 0.3) is 22.6 Å². The van der Waals surface area contributed by atoms with E-state index in [0.29, 0.717) is 0 Å². The zero-order valence-electron chi connectivity index (χ0n) is 12.7. The Kier molecular flexibility index (Phi) is 3.59. The van der Waals surface area contributed by atoms with Crippen LogP contribution in [0.4, 0.5) is 0 Å². The molecule has 0 spiro atoms. The summed E-state index contributed by atoms with van der Waals surface area (Å²) in [5.41, 5.74) is 3.67. The highest BCUT2D eigenvalue weighted by atomic mass is 15.1. The van der Waals surface area contributed by atoms with Gasteiger partial charge in [0.25, 0.3) is 0 Å². The summed E-state index contributed by atoms with van der Waals surface area (Å²) in [4.78, 5) is 13.7. The molecule has 4 rings (SSSR count). The Hall–Kier alpha value is -2.23. The largest absolute Gasteiger partial charge is 0.314 e. The number of nitrogens with zero attached hydrogens (tertiary/aromatic N) is 4. The molecule has 0 bridgehead atoms. The van der Waals surface area contributed by atoms with E-state index in [1.54, 1.807) is 0 Å². The molecule has 0 radical (unpaired) electrons. The SMILES string of the molecule is c1ccc(-c2cnc3ncn(CC4CCCCC4)c3n2)cc1. The van der Waals surface area contributed by atoms with Gasteiger partial charge in [0.2, 0.25) is 0 Å². The van der Waals surface area contributed by atoms with Gasteiger partial charge in [-0.05, 0) is 18.8 Å². The van der Waals surface area contributed by atoms with Gasteiger partial charge in [-0.25, -0.2) is 15.0 Å². The first kappa shape index (κ1) is 13.4. The van der Waals surface area contributed by atoms with Crippen LogP contribution in [-0.2, 0) is 6.54 Å². The number of fused-ring (bicyclic) bond motifs is 1. The normalized spacial score (nSPS) is 16.2. The average molecular weight is 292 g/mol. The number of imidazole rings is 1. The van der Waals surface area contributed by atoms with Gasteiger partial charge in [0.05, 0.1) is 18.2 Å². The second-order valence-electron chi connectivity index (χ2n) is 6.17. The molecule has 22 heavy (non-hydrogen) atoms. The van der Waals surface area contributed by atoms with Crippen molar-refractivity contribution in [2.24, 2.45) is 5.92 Å². The summed E-state index contributed by atoms with van der Waals surface area (Å²) in [5, 5.41) is 0. The van der Waals surface area contributed by atoms with Crippen LogP contribution < -0.4 is 0 Å². The van der Waals surface area contributed by atoms with Crippen molar-refractivity contribution >= 4 is 11.3 Å². The highest BCUT2D eigenvalue weighted by Gasteiger charge is 2.16. The quantitative estimate of drug-likeness (QED) is 0.730. The lowest BCUT2D eigenvalue weighted by Crippen LogP contribution is -2.13. The van der Waals surface area contributed by atoms with Crippen molar-refractivity contribution in [3.63, 3.8) is 0 Å². The van der Waals surface area contributed by atoms with E-state index in [9.17, 15) is 0 Å². The zero-order chi connectivity index (χ0) is 14.8. The van der Waals surface area contributed by atoms with Crippen LogP contribution in [-0.4, -0.2) is 19.5 Å². The van der Waals surface area contributed by atoms with E-state index in [-0.39, 0.29) is 0 Å². The molecule has 112 valence electrons. The Morgan fingerprint density at radius 2 is 1.82 bits per heavy atom. The van der Waals surface area contributed by atoms with Gasteiger partial charge in [-0.2, -0.15) is 0 Å². The molecule has 3 aromatic rings. The van der Waals surface area contributed by atoms with Crippen molar-refractivity contribution in [2.75, 3.05) is 0 Å². The summed E-state index contributed by atoms with van der Waals surface area (Å²) in [6.07, 6.45) is 10.5. The Labute approximate surface area is 130 Å². The van der Waals surface area contributed by atoms with E-state index in [0.717, 1.165) is 35.0 Å². The molecule has 4 nitrogen and oxygen atoms in total. The van der Waals surface area contributed by atoms with E-state index in [1.807, 2.05) is 30.7 Å². The lowest BCUT2D eigenvalue weighted by Gasteiger charge is -2.21. The van der Waals surface area contributed by atoms with Crippen molar-refractivity contribution in [3.8, 4) is 11.3 Å². The molecule has 0 unspecified atom stereocenters. The number of hydrogen-bond donors (Lipinski definition) is 0. The van der Waals surface area contributed by atoms with Crippen molar-refractivity contribution < 1.29 is 0 Å². The van der Waals surface area contributed by atoms with Crippen LogP contribution in [0.3, 0.4) is 0 Å². The second-order valence-corrected chi connectivity index (χ2v) is 6.17. The van der Waals surface area contributed by atoms with Crippen molar-refractivity contribution in [1.29, 1.82) is 0 Å². The van der Waals surface area contributed by atoms with Crippen molar-refractivity contribution in [1.82, 2.24) is 19.5 Å². The Balaban J connectivity index is 1.67. The molecule has 2 heterocycles. The first-order valence-electron chi connectivity index (χ1n) is 8.13. The summed E-state index contributed by atoms with van der Waals surface area (Å²) in [6, 6.07) is 10.2. The van der Waals surface area contributed by atoms with Crippen LogP contribution in [0, 0.1) is 5.92 Å². The lowest BCUT2D eigenvalue weighted by molar-refractivity contribution is 0.321.